The number of epoxide rings is 2. The van der Waals surface area contributed by atoms with Crippen LogP contribution in [-0.4, -0.2) is 38.6 Å². The summed E-state index contributed by atoms with van der Waals surface area (Å²) in [6.45, 7) is 3.76. The van der Waals surface area contributed by atoms with Crippen LogP contribution in [0.5, 0.6) is 23.0 Å². The minimum atomic E-state index is 0.248. The second-order valence-electron chi connectivity index (χ2n) is 10.3. The lowest BCUT2D eigenvalue weighted by atomic mass is 10.1. The Bertz CT molecular complexity index is 1520. The lowest BCUT2D eigenvalue weighted by molar-refractivity contribution is 0.263. The number of benzene rings is 5. The summed E-state index contributed by atoms with van der Waals surface area (Å²) in [5.41, 5.74) is 2.18. The van der Waals surface area contributed by atoms with Gasteiger partial charge < -0.3 is 28.4 Å². The van der Waals surface area contributed by atoms with Crippen LogP contribution in [0.25, 0.3) is 21.5 Å². The average Bonchev–Trinajstić information content (AvgIpc) is 3.93. The van der Waals surface area contributed by atoms with Gasteiger partial charge in [-0.1, -0.05) is 42.5 Å². The molecule has 40 heavy (non-hydrogen) atoms. The summed E-state index contributed by atoms with van der Waals surface area (Å²) >= 11 is 0. The molecule has 5 aromatic rings. The van der Waals surface area contributed by atoms with Crippen molar-refractivity contribution in [1.29, 1.82) is 0 Å². The summed E-state index contributed by atoms with van der Waals surface area (Å²) in [6.07, 6.45) is 0.495. The van der Waals surface area contributed by atoms with E-state index in [2.05, 4.69) is 66.7 Å². The van der Waals surface area contributed by atoms with E-state index in [1.54, 1.807) is 0 Å². The highest BCUT2D eigenvalue weighted by atomic mass is 16.6. The SMILES string of the molecule is c1cc(COc2ccc3cc(OCC4CO4)ccc3c2)cc(COc2ccc3cc(OCC4CO4)ccc3c2)c1. The molecule has 0 aromatic heterocycles. The predicted molar refractivity (Wildman–Crippen MR) is 153 cm³/mol. The Morgan fingerprint density at radius 2 is 0.850 bits per heavy atom. The van der Waals surface area contributed by atoms with Gasteiger partial charge in [-0.3, -0.25) is 0 Å². The third kappa shape index (κ3) is 6.30. The zero-order chi connectivity index (χ0) is 26.7. The maximum Gasteiger partial charge on any atom is 0.120 e. The van der Waals surface area contributed by atoms with E-state index >= 15 is 0 Å². The largest absolute Gasteiger partial charge is 0.491 e. The smallest absolute Gasteiger partial charge is 0.120 e. The van der Waals surface area contributed by atoms with Gasteiger partial charge in [0, 0.05) is 0 Å². The second kappa shape index (κ2) is 11.1. The highest BCUT2D eigenvalue weighted by Gasteiger charge is 2.23. The van der Waals surface area contributed by atoms with Gasteiger partial charge in [0.15, 0.2) is 0 Å². The lowest BCUT2D eigenvalue weighted by Crippen LogP contribution is -2.03. The number of ether oxygens (including phenoxy) is 6. The van der Waals surface area contributed by atoms with Gasteiger partial charge in [-0.05, 0) is 87.3 Å². The van der Waals surface area contributed by atoms with E-state index < -0.39 is 0 Å². The van der Waals surface area contributed by atoms with Crippen LogP contribution in [0.15, 0.2) is 97.1 Å². The molecule has 0 spiro atoms. The molecule has 0 N–H and O–H groups in total. The molecule has 0 radical (unpaired) electrons. The number of hydrogen-bond donors (Lipinski definition) is 0. The third-order valence-corrected chi connectivity index (χ3v) is 7.05. The molecule has 6 heteroatoms. The minimum absolute atomic E-state index is 0.248. The Kier molecular flexibility index (Phi) is 6.86. The molecule has 6 nitrogen and oxygen atoms in total. The van der Waals surface area contributed by atoms with Crippen LogP contribution >= 0.6 is 0 Å². The van der Waals surface area contributed by atoms with Crippen LogP contribution in [0.4, 0.5) is 0 Å². The Morgan fingerprint density at radius 3 is 1.23 bits per heavy atom. The van der Waals surface area contributed by atoms with E-state index in [0.717, 1.165) is 68.9 Å². The van der Waals surface area contributed by atoms with Crippen molar-refractivity contribution < 1.29 is 28.4 Å². The van der Waals surface area contributed by atoms with Gasteiger partial charge in [-0.2, -0.15) is 0 Å². The minimum Gasteiger partial charge on any atom is -0.491 e. The molecular weight excluding hydrogens is 504 g/mol. The Hall–Kier alpha value is -4.26. The molecular formula is C34H30O6. The number of fused-ring (bicyclic) bond motifs is 2. The number of hydrogen-bond acceptors (Lipinski definition) is 6. The van der Waals surface area contributed by atoms with Crippen LogP contribution in [0.1, 0.15) is 11.1 Å². The van der Waals surface area contributed by atoms with Crippen LogP contribution in [0.2, 0.25) is 0 Å². The topological polar surface area (TPSA) is 62.0 Å². The fourth-order valence-corrected chi connectivity index (χ4v) is 4.61. The molecule has 2 unspecified atom stereocenters. The van der Waals surface area contributed by atoms with Gasteiger partial charge in [-0.15, -0.1) is 0 Å². The molecule has 0 bridgehead atoms. The monoisotopic (exact) mass is 534 g/mol. The molecule has 2 saturated heterocycles. The molecule has 0 saturated carbocycles. The highest BCUT2D eigenvalue weighted by Crippen LogP contribution is 2.28. The van der Waals surface area contributed by atoms with E-state index in [0.29, 0.717) is 26.4 Å². The molecule has 5 aromatic carbocycles. The van der Waals surface area contributed by atoms with Gasteiger partial charge in [0.05, 0.1) is 13.2 Å². The summed E-state index contributed by atoms with van der Waals surface area (Å²) in [7, 11) is 0. The third-order valence-electron chi connectivity index (χ3n) is 7.05. The predicted octanol–water partition coefficient (Wildman–Crippen LogP) is 6.71. The molecule has 7 rings (SSSR count). The van der Waals surface area contributed by atoms with Crippen LogP contribution in [0.3, 0.4) is 0 Å². The first-order valence-electron chi connectivity index (χ1n) is 13.6. The fraction of sp³-hybridized carbons (Fsp3) is 0.235. The van der Waals surface area contributed by atoms with Crippen molar-refractivity contribution in [2.24, 2.45) is 0 Å². The van der Waals surface area contributed by atoms with E-state index in [4.69, 9.17) is 28.4 Å². The van der Waals surface area contributed by atoms with E-state index in [9.17, 15) is 0 Å². The fourth-order valence-electron chi connectivity index (χ4n) is 4.61. The maximum atomic E-state index is 6.12. The summed E-state index contributed by atoms with van der Waals surface area (Å²) in [4.78, 5) is 0. The van der Waals surface area contributed by atoms with Gasteiger partial charge in [0.1, 0.15) is 61.6 Å². The van der Waals surface area contributed by atoms with Crippen LogP contribution < -0.4 is 18.9 Å². The van der Waals surface area contributed by atoms with Crippen molar-refractivity contribution in [2.75, 3.05) is 26.4 Å². The second-order valence-corrected chi connectivity index (χ2v) is 10.3. The standard InChI is InChI=1S/C34H30O6/c1-2-23(17-35-29-8-4-27-15-31(10-6-25(27)13-29)37-19-33-21-39-33)12-24(3-1)18-36-30-9-5-28-16-32(11-7-26(28)14-30)38-20-34-22-40-34/h1-16,33-34H,17-22H2. The molecule has 2 aliphatic heterocycles. The van der Waals surface area contributed by atoms with E-state index in [-0.39, 0.29) is 12.2 Å². The van der Waals surface area contributed by atoms with Crippen molar-refractivity contribution in [3.8, 4) is 23.0 Å². The summed E-state index contributed by atoms with van der Waals surface area (Å²) in [5.74, 6) is 3.39. The van der Waals surface area contributed by atoms with Gasteiger partial charge in [-0.25, -0.2) is 0 Å². The highest BCUT2D eigenvalue weighted by molar-refractivity contribution is 5.86. The molecule has 2 heterocycles. The van der Waals surface area contributed by atoms with Crippen LogP contribution in [-0.2, 0) is 22.7 Å². The Morgan fingerprint density at radius 1 is 0.475 bits per heavy atom. The number of rotatable bonds is 12. The maximum absolute atomic E-state index is 6.12. The molecule has 2 fully saturated rings. The van der Waals surface area contributed by atoms with Crippen molar-refractivity contribution in [3.63, 3.8) is 0 Å². The molecule has 202 valence electrons. The van der Waals surface area contributed by atoms with Crippen molar-refractivity contribution >= 4 is 21.5 Å². The van der Waals surface area contributed by atoms with Gasteiger partial charge >= 0.3 is 0 Å². The van der Waals surface area contributed by atoms with Crippen molar-refractivity contribution in [1.82, 2.24) is 0 Å². The van der Waals surface area contributed by atoms with E-state index in [1.807, 2.05) is 30.3 Å². The summed E-state index contributed by atoms with van der Waals surface area (Å²) in [5, 5.41) is 4.46. The summed E-state index contributed by atoms with van der Waals surface area (Å²) < 4.78 is 34.3. The van der Waals surface area contributed by atoms with E-state index in [1.165, 1.54) is 0 Å². The quantitative estimate of drug-likeness (QED) is 0.166. The molecule has 0 aliphatic carbocycles. The summed E-state index contributed by atoms with van der Waals surface area (Å²) in [6, 6.07) is 32.8. The van der Waals surface area contributed by atoms with Gasteiger partial charge in [0.25, 0.3) is 0 Å². The first-order chi connectivity index (χ1) is 19.7. The Balaban J connectivity index is 0.941. The first kappa shape index (κ1) is 24.8. The zero-order valence-corrected chi connectivity index (χ0v) is 22.1. The molecule has 0 amide bonds. The van der Waals surface area contributed by atoms with Crippen molar-refractivity contribution in [2.45, 2.75) is 25.4 Å². The lowest BCUT2D eigenvalue weighted by Gasteiger charge is -2.11. The molecule has 2 atom stereocenters. The zero-order valence-electron chi connectivity index (χ0n) is 22.1. The van der Waals surface area contributed by atoms with Crippen LogP contribution in [0, 0.1) is 0 Å². The van der Waals surface area contributed by atoms with Gasteiger partial charge in [0.2, 0.25) is 0 Å². The Labute approximate surface area is 232 Å². The average molecular weight is 535 g/mol. The van der Waals surface area contributed by atoms with Crippen molar-refractivity contribution in [3.05, 3.63) is 108 Å². The first-order valence-corrected chi connectivity index (χ1v) is 13.6. The normalized spacial score (nSPS) is 17.5. The molecule has 2 aliphatic rings.